The zero-order chi connectivity index (χ0) is 15.6. The summed E-state index contributed by atoms with van der Waals surface area (Å²) in [7, 11) is 0. The van der Waals surface area contributed by atoms with E-state index in [4.69, 9.17) is 5.11 Å². The van der Waals surface area contributed by atoms with Crippen LogP contribution in [0.4, 0.5) is 0 Å². The maximum absolute atomic E-state index is 12.1. The standard InChI is InChI=1S/C16H18N2O3/c1-4-18-16(21)13(9-15(19)20)8-14(17-18)12-6-5-10(2)11(3)7-12/h5-8H,4,9H2,1-3H3,(H,19,20). The van der Waals surface area contributed by atoms with Gasteiger partial charge in [0.1, 0.15) is 0 Å². The van der Waals surface area contributed by atoms with Crippen molar-refractivity contribution in [2.45, 2.75) is 33.7 Å². The van der Waals surface area contributed by atoms with E-state index in [2.05, 4.69) is 5.10 Å². The van der Waals surface area contributed by atoms with Crippen molar-refractivity contribution in [2.24, 2.45) is 0 Å². The minimum Gasteiger partial charge on any atom is -0.481 e. The molecule has 0 atom stereocenters. The van der Waals surface area contributed by atoms with Gasteiger partial charge in [-0.25, -0.2) is 4.68 Å². The lowest BCUT2D eigenvalue weighted by atomic mass is 10.0. The van der Waals surface area contributed by atoms with Crippen molar-refractivity contribution >= 4 is 5.97 Å². The van der Waals surface area contributed by atoms with Crippen molar-refractivity contribution in [3.8, 4) is 11.3 Å². The Labute approximate surface area is 122 Å². The van der Waals surface area contributed by atoms with Crippen LogP contribution in [0.15, 0.2) is 29.1 Å². The maximum atomic E-state index is 12.1. The van der Waals surface area contributed by atoms with Crippen molar-refractivity contribution in [1.29, 1.82) is 0 Å². The van der Waals surface area contributed by atoms with Crippen LogP contribution in [-0.2, 0) is 17.8 Å². The van der Waals surface area contributed by atoms with Gasteiger partial charge in [0.25, 0.3) is 5.56 Å². The summed E-state index contributed by atoms with van der Waals surface area (Å²) in [6.07, 6.45) is -0.292. The highest BCUT2D eigenvalue weighted by atomic mass is 16.4. The largest absolute Gasteiger partial charge is 0.481 e. The monoisotopic (exact) mass is 286 g/mol. The van der Waals surface area contributed by atoms with Crippen molar-refractivity contribution in [2.75, 3.05) is 0 Å². The number of benzene rings is 1. The lowest BCUT2D eigenvalue weighted by Crippen LogP contribution is -2.27. The SMILES string of the molecule is CCn1nc(-c2ccc(C)c(C)c2)cc(CC(=O)O)c1=O. The van der Waals surface area contributed by atoms with Crippen molar-refractivity contribution in [1.82, 2.24) is 9.78 Å². The molecule has 21 heavy (non-hydrogen) atoms. The van der Waals surface area contributed by atoms with Crippen LogP contribution in [0.5, 0.6) is 0 Å². The number of aliphatic carboxylic acids is 1. The zero-order valence-electron chi connectivity index (χ0n) is 12.4. The Hall–Kier alpha value is -2.43. The van der Waals surface area contributed by atoms with E-state index in [0.717, 1.165) is 11.1 Å². The number of aromatic nitrogens is 2. The number of hydrogen-bond donors (Lipinski definition) is 1. The predicted molar refractivity (Wildman–Crippen MR) is 80.4 cm³/mol. The van der Waals surface area contributed by atoms with E-state index in [1.807, 2.05) is 39.0 Å². The minimum absolute atomic E-state index is 0.257. The molecule has 0 radical (unpaired) electrons. The van der Waals surface area contributed by atoms with Gasteiger partial charge < -0.3 is 5.11 Å². The molecule has 5 nitrogen and oxygen atoms in total. The highest BCUT2D eigenvalue weighted by Crippen LogP contribution is 2.20. The number of carboxylic acids is 1. The van der Waals surface area contributed by atoms with Crippen LogP contribution >= 0.6 is 0 Å². The molecule has 0 saturated heterocycles. The Balaban J connectivity index is 2.60. The Bertz CT molecular complexity index is 748. The Morgan fingerprint density at radius 1 is 1.24 bits per heavy atom. The first kappa shape index (κ1) is 15.0. The van der Waals surface area contributed by atoms with Gasteiger partial charge in [0.15, 0.2) is 0 Å². The molecule has 0 aliphatic rings. The van der Waals surface area contributed by atoms with Gasteiger partial charge in [0.05, 0.1) is 12.1 Å². The molecule has 1 heterocycles. The van der Waals surface area contributed by atoms with E-state index in [9.17, 15) is 9.59 Å². The number of carbonyl (C=O) groups is 1. The molecule has 1 aromatic carbocycles. The predicted octanol–water partition coefficient (Wildman–Crippen LogP) is 2.17. The average Bonchev–Trinajstić information content (AvgIpc) is 2.43. The second kappa shape index (κ2) is 5.91. The Kier molecular flexibility index (Phi) is 4.21. The maximum Gasteiger partial charge on any atom is 0.308 e. The summed E-state index contributed by atoms with van der Waals surface area (Å²) in [6, 6.07) is 7.49. The van der Waals surface area contributed by atoms with Crippen LogP contribution < -0.4 is 5.56 Å². The Morgan fingerprint density at radius 2 is 1.95 bits per heavy atom. The molecule has 0 fully saturated rings. The van der Waals surface area contributed by atoms with Crippen LogP contribution in [0.1, 0.15) is 23.6 Å². The summed E-state index contributed by atoms with van der Waals surface area (Å²) in [5.74, 6) is -1.02. The number of rotatable bonds is 4. The second-order valence-electron chi connectivity index (χ2n) is 5.05. The Morgan fingerprint density at radius 3 is 2.52 bits per heavy atom. The molecule has 0 spiro atoms. The highest BCUT2D eigenvalue weighted by Gasteiger charge is 2.12. The van der Waals surface area contributed by atoms with E-state index in [-0.39, 0.29) is 17.5 Å². The molecule has 0 aliphatic heterocycles. The van der Waals surface area contributed by atoms with Gasteiger partial charge in [-0.1, -0.05) is 12.1 Å². The van der Waals surface area contributed by atoms with Crippen LogP contribution in [-0.4, -0.2) is 20.9 Å². The summed E-state index contributed by atoms with van der Waals surface area (Å²) in [5, 5.41) is 13.2. The van der Waals surface area contributed by atoms with E-state index in [1.165, 1.54) is 10.2 Å². The van der Waals surface area contributed by atoms with Crippen LogP contribution in [0.2, 0.25) is 0 Å². The first-order valence-corrected chi connectivity index (χ1v) is 6.82. The van der Waals surface area contributed by atoms with Crippen molar-refractivity contribution < 1.29 is 9.90 Å². The average molecular weight is 286 g/mol. The molecule has 0 saturated carbocycles. The summed E-state index contributed by atoms with van der Waals surface area (Å²) < 4.78 is 1.31. The summed E-state index contributed by atoms with van der Waals surface area (Å²) in [4.78, 5) is 23.0. The van der Waals surface area contributed by atoms with E-state index in [1.54, 1.807) is 6.07 Å². The van der Waals surface area contributed by atoms with E-state index < -0.39 is 5.97 Å². The number of nitrogens with zero attached hydrogens (tertiary/aromatic N) is 2. The van der Waals surface area contributed by atoms with Crippen LogP contribution in [0, 0.1) is 13.8 Å². The van der Waals surface area contributed by atoms with Crippen molar-refractivity contribution in [3.05, 3.63) is 51.3 Å². The molecule has 0 amide bonds. The quantitative estimate of drug-likeness (QED) is 0.935. The molecule has 5 heteroatoms. The minimum atomic E-state index is -1.02. The molecule has 1 aromatic heterocycles. The van der Waals surface area contributed by atoms with Crippen LogP contribution in [0.3, 0.4) is 0 Å². The lowest BCUT2D eigenvalue weighted by Gasteiger charge is -2.09. The number of aryl methyl sites for hydroxylation is 3. The molecule has 1 N–H and O–H groups in total. The molecule has 2 rings (SSSR count). The second-order valence-corrected chi connectivity index (χ2v) is 5.05. The third-order valence-corrected chi connectivity index (χ3v) is 3.49. The van der Waals surface area contributed by atoms with Gasteiger partial charge in [-0.2, -0.15) is 5.10 Å². The van der Waals surface area contributed by atoms with Crippen LogP contribution in [0.25, 0.3) is 11.3 Å². The van der Waals surface area contributed by atoms with Gasteiger partial charge in [-0.3, -0.25) is 9.59 Å². The summed E-state index contributed by atoms with van der Waals surface area (Å²) in [6.45, 7) is 6.25. The van der Waals surface area contributed by atoms with Gasteiger partial charge in [0, 0.05) is 17.7 Å². The molecular weight excluding hydrogens is 268 g/mol. The summed E-state index contributed by atoms with van der Waals surface area (Å²) in [5.41, 5.74) is 3.72. The fourth-order valence-electron chi connectivity index (χ4n) is 2.14. The summed E-state index contributed by atoms with van der Waals surface area (Å²) >= 11 is 0. The topological polar surface area (TPSA) is 72.2 Å². The third-order valence-electron chi connectivity index (χ3n) is 3.49. The number of hydrogen-bond acceptors (Lipinski definition) is 3. The van der Waals surface area contributed by atoms with E-state index in [0.29, 0.717) is 12.2 Å². The van der Waals surface area contributed by atoms with Gasteiger partial charge in [-0.15, -0.1) is 0 Å². The molecule has 0 bridgehead atoms. The fraction of sp³-hybridized carbons (Fsp3) is 0.312. The van der Waals surface area contributed by atoms with E-state index >= 15 is 0 Å². The third kappa shape index (κ3) is 3.18. The molecular formula is C16H18N2O3. The normalized spacial score (nSPS) is 10.6. The first-order chi connectivity index (χ1) is 9.92. The molecule has 2 aromatic rings. The zero-order valence-corrected chi connectivity index (χ0v) is 12.4. The fourth-order valence-corrected chi connectivity index (χ4v) is 2.14. The van der Waals surface area contributed by atoms with Gasteiger partial charge >= 0.3 is 5.97 Å². The van der Waals surface area contributed by atoms with Gasteiger partial charge in [0.2, 0.25) is 0 Å². The lowest BCUT2D eigenvalue weighted by molar-refractivity contribution is -0.136. The first-order valence-electron chi connectivity index (χ1n) is 6.82. The number of carboxylic acid groups (broad SMARTS) is 1. The highest BCUT2D eigenvalue weighted by molar-refractivity contribution is 5.71. The molecule has 0 aliphatic carbocycles. The molecule has 0 unspecified atom stereocenters. The van der Waals surface area contributed by atoms with Crippen molar-refractivity contribution in [3.63, 3.8) is 0 Å². The molecule has 110 valence electrons. The smallest absolute Gasteiger partial charge is 0.308 e. The van der Waals surface area contributed by atoms with Gasteiger partial charge in [-0.05, 0) is 44.0 Å².